The molecule has 2 unspecified atom stereocenters. The molecule has 0 aliphatic rings. The van der Waals surface area contributed by atoms with Gasteiger partial charge < -0.3 is 10.4 Å². The van der Waals surface area contributed by atoms with Gasteiger partial charge in [0.2, 0.25) is 0 Å². The number of hydrogen-bond donors (Lipinski definition) is 2. The number of aliphatic hydroxyl groups excluding tert-OH is 1. The van der Waals surface area contributed by atoms with Crippen LogP contribution in [0.25, 0.3) is 0 Å². The van der Waals surface area contributed by atoms with Crippen LogP contribution in [0.4, 0.5) is 8.78 Å². The Balaban J connectivity index is 1.74. The van der Waals surface area contributed by atoms with E-state index in [1.165, 1.54) is 12.4 Å². The largest absolute Gasteiger partial charge is 0.387 e. The molecule has 2 N–H and O–H groups in total. The van der Waals surface area contributed by atoms with Gasteiger partial charge in [-0.1, -0.05) is 36.4 Å². The Morgan fingerprint density at radius 3 is 2.40 bits per heavy atom. The molecule has 2 aromatic carbocycles. The lowest BCUT2D eigenvalue weighted by Gasteiger charge is -2.22. The number of nitrogens with one attached hydrogen (secondary N) is 1. The van der Waals surface area contributed by atoms with Gasteiger partial charge in [-0.15, -0.1) is 0 Å². The van der Waals surface area contributed by atoms with Crippen molar-refractivity contribution in [1.29, 1.82) is 0 Å². The lowest BCUT2D eigenvalue weighted by molar-refractivity contribution is 0.158. The third kappa shape index (κ3) is 4.26. The fourth-order valence-electron chi connectivity index (χ4n) is 2.67. The standard InChI is InChI=1S/C18H18F2N4O/c19-14-7-4-8-15(20)18(14)17(25)9-22-16(10-24-12-21-11-23-24)13-5-2-1-3-6-13/h1-8,11-12,16-17,22,25H,9-10H2. The van der Waals surface area contributed by atoms with Crippen LogP contribution in [0.3, 0.4) is 0 Å². The lowest BCUT2D eigenvalue weighted by Crippen LogP contribution is -2.30. The Bertz CT molecular complexity index is 776. The molecule has 0 fully saturated rings. The van der Waals surface area contributed by atoms with Gasteiger partial charge >= 0.3 is 0 Å². The van der Waals surface area contributed by atoms with Crippen molar-refractivity contribution in [2.45, 2.75) is 18.7 Å². The van der Waals surface area contributed by atoms with Crippen molar-refractivity contribution in [2.24, 2.45) is 0 Å². The summed E-state index contributed by atoms with van der Waals surface area (Å²) in [6, 6.07) is 12.9. The maximum absolute atomic E-state index is 13.8. The summed E-state index contributed by atoms with van der Waals surface area (Å²) in [5.41, 5.74) is 0.641. The van der Waals surface area contributed by atoms with E-state index in [0.29, 0.717) is 6.54 Å². The maximum atomic E-state index is 13.8. The van der Waals surface area contributed by atoms with Gasteiger partial charge in [0.1, 0.15) is 24.3 Å². The Labute approximate surface area is 144 Å². The predicted molar refractivity (Wildman–Crippen MR) is 88.5 cm³/mol. The summed E-state index contributed by atoms with van der Waals surface area (Å²) in [6.07, 6.45) is 1.72. The minimum Gasteiger partial charge on any atom is -0.387 e. The van der Waals surface area contributed by atoms with Crippen LogP contribution >= 0.6 is 0 Å². The summed E-state index contributed by atoms with van der Waals surface area (Å²) in [5, 5.41) is 17.5. The summed E-state index contributed by atoms with van der Waals surface area (Å²) < 4.78 is 29.3. The molecule has 25 heavy (non-hydrogen) atoms. The predicted octanol–water partition coefficient (Wildman–Crippen LogP) is 2.62. The number of aromatic nitrogens is 3. The van der Waals surface area contributed by atoms with Gasteiger partial charge in [-0.25, -0.2) is 13.8 Å². The fraction of sp³-hybridized carbons (Fsp3) is 0.222. The van der Waals surface area contributed by atoms with E-state index in [1.807, 2.05) is 30.3 Å². The average molecular weight is 344 g/mol. The van der Waals surface area contributed by atoms with E-state index in [9.17, 15) is 13.9 Å². The summed E-state index contributed by atoms with van der Waals surface area (Å²) in [7, 11) is 0. The molecule has 0 saturated heterocycles. The number of hydrogen-bond acceptors (Lipinski definition) is 4. The van der Waals surface area contributed by atoms with E-state index < -0.39 is 17.7 Å². The Hall–Kier alpha value is -2.64. The van der Waals surface area contributed by atoms with Crippen LogP contribution in [0.15, 0.2) is 61.2 Å². The molecular formula is C18H18F2N4O. The summed E-state index contributed by atoms with van der Waals surface area (Å²) >= 11 is 0. The van der Waals surface area contributed by atoms with Crippen LogP contribution in [-0.2, 0) is 6.54 Å². The Morgan fingerprint density at radius 1 is 1.04 bits per heavy atom. The molecule has 0 spiro atoms. The molecule has 5 nitrogen and oxygen atoms in total. The molecule has 0 amide bonds. The van der Waals surface area contributed by atoms with Crippen LogP contribution in [0.1, 0.15) is 23.3 Å². The maximum Gasteiger partial charge on any atom is 0.137 e. The zero-order chi connectivity index (χ0) is 17.6. The van der Waals surface area contributed by atoms with Crippen LogP contribution < -0.4 is 5.32 Å². The highest BCUT2D eigenvalue weighted by Gasteiger charge is 2.20. The topological polar surface area (TPSA) is 63.0 Å². The second-order valence-corrected chi connectivity index (χ2v) is 5.64. The quantitative estimate of drug-likeness (QED) is 0.692. The number of rotatable bonds is 7. The molecule has 0 aliphatic heterocycles. The van der Waals surface area contributed by atoms with E-state index in [0.717, 1.165) is 17.7 Å². The first-order valence-corrected chi connectivity index (χ1v) is 7.88. The highest BCUT2D eigenvalue weighted by molar-refractivity contribution is 5.23. The number of aliphatic hydroxyl groups is 1. The molecule has 2 atom stereocenters. The van der Waals surface area contributed by atoms with E-state index in [1.54, 1.807) is 11.0 Å². The van der Waals surface area contributed by atoms with Crippen LogP contribution in [0, 0.1) is 11.6 Å². The second-order valence-electron chi connectivity index (χ2n) is 5.64. The molecule has 1 aromatic heterocycles. The first-order chi connectivity index (χ1) is 12.1. The van der Waals surface area contributed by atoms with Crippen molar-refractivity contribution < 1.29 is 13.9 Å². The fourth-order valence-corrected chi connectivity index (χ4v) is 2.67. The van der Waals surface area contributed by atoms with E-state index >= 15 is 0 Å². The van der Waals surface area contributed by atoms with Crippen LogP contribution in [0.5, 0.6) is 0 Å². The van der Waals surface area contributed by atoms with Crippen LogP contribution in [-0.4, -0.2) is 26.4 Å². The van der Waals surface area contributed by atoms with Crippen LogP contribution in [0.2, 0.25) is 0 Å². The molecule has 0 bridgehead atoms. The minimum absolute atomic E-state index is 0.00783. The monoisotopic (exact) mass is 344 g/mol. The van der Waals surface area contributed by atoms with Gasteiger partial charge in [-0.2, -0.15) is 5.10 Å². The van der Waals surface area contributed by atoms with Crippen molar-refractivity contribution in [2.75, 3.05) is 6.54 Å². The minimum atomic E-state index is -1.30. The van der Waals surface area contributed by atoms with Gasteiger partial charge in [0, 0.05) is 6.54 Å². The summed E-state index contributed by atoms with van der Waals surface area (Å²) in [6.45, 7) is 0.461. The van der Waals surface area contributed by atoms with Gasteiger partial charge in [-0.05, 0) is 17.7 Å². The molecule has 1 heterocycles. The molecule has 0 radical (unpaired) electrons. The normalized spacial score (nSPS) is 13.6. The Morgan fingerprint density at radius 2 is 1.76 bits per heavy atom. The van der Waals surface area contributed by atoms with Crippen molar-refractivity contribution in [3.63, 3.8) is 0 Å². The molecule has 130 valence electrons. The molecule has 0 saturated carbocycles. The lowest BCUT2D eigenvalue weighted by atomic mass is 10.0. The van der Waals surface area contributed by atoms with Crippen molar-refractivity contribution >= 4 is 0 Å². The zero-order valence-electron chi connectivity index (χ0n) is 13.4. The van der Waals surface area contributed by atoms with Gasteiger partial charge in [0.15, 0.2) is 0 Å². The van der Waals surface area contributed by atoms with Gasteiger partial charge in [0.25, 0.3) is 0 Å². The third-order valence-corrected chi connectivity index (χ3v) is 3.93. The number of benzene rings is 2. The first kappa shape index (κ1) is 17.2. The third-order valence-electron chi connectivity index (χ3n) is 3.93. The smallest absolute Gasteiger partial charge is 0.137 e. The highest BCUT2D eigenvalue weighted by atomic mass is 19.1. The molecule has 0 aliphatic carbocycles. The molecule has 3 aromatic rings. The average Bonchev–Trinajstić information content (AvgIpc) is 3.12. The highest BCUT2D eigenvalue weighted by Crippen LogP contribution is 2.22. The van der Waals surface area contributed by atoms with Crippen molar-refractivity contribution in [3.05, 3.63) is 83.9 Å². The summed E-state index contributed by atoms with van der Waals surface area (Å²) in [5.74, 6) is -1.52. The first-order valence-electron chi connectivity index (χ1n) is 7.88. The number of halogens is 2. The molecule has 7 heteroatoms. The van der Waals surface area contributed by atoms with Gasteiger partial charge in [-0.3, -0.25) is 4.68 Å². The van der Waals surface area contributed by atoms with E-state index in [2.05, 4.69) is 15.4 Å². The molecular weight excluding hydrogens is 326 g/mol. The van der Waals surface area contributed by atoms with E-state index in [4.69, 9.17) is 0 Å². The zero-order valence-corrected chi connectivity index (χ0v) is 13.4. The Kier molecular flexibility index (Phi) is 5.47. The van der Waals surface area contributed by atoms with Gasteiger partial charge in [0.05, 0.1) is 24.3 Å². The van der Waals surface area contributed by atoms with Crippen molar-refractivity contribution in [1.82, 2.24) is 20.1 Å². The SMILES string of the molecule is OC(CNC(Cn1cncn1)c1ccccc1)c1c(F)cccc1F. The second kappa shape index (κ2) is 7.96. The number of nitrogens with zero attached hydrogens (tertiary/aromatic N) is 3. The molecule has 3 rings (SSSR count). The van der Waals surface area contributed by atoms with E-state index in [-0.39, 0.29) is 18.2 Å². The van der Waals surface area contributed by atoms with Crippen molar-refractivity contribution in [3.8, 4) is 0 Å². The summed E-state index contributed by atoms with van der Waals surface area (Å²) in [4.78, 5) is 3.91.